The zero-order valence-corrected chi connectivity index (χ0v) is 21.5. The van der Waals surface area contributed by atoms with Gasteiger partial charge in [-0.05, 0) is 37.6 Å². The molecule has 0 unspecified atom stereocenters. The number of fused-ring (bicyclic) bond motifs is 1. The van der Waals surface area contributed by atoms with Crippen molar-refractivity contribution in [1.29, 1.82) is 5.26 Å². The molecule has 1 N–H and O–H groups in total. The van der Waals surface area contributed by atoms with Crippen molar-refractivity contribution in [3.8, 4) is 11.8 Å². The summed E-state index contributed by atoms with van der Waals surface area (Å²) >= 11 is 0. The van der Waals surface area contributed by atoms with E-state index in [-0.39, 0.29) is 23.5 Å². The summed E-state index contributed by atoms with van der Waals surface area (Å²) in [5, 5.41) is 12.5. The molecule has 0 spiro atoms. The van der Waals surface area contributed by atoms with Gasteiger partial charge in [0.2, 0.25) is 0 Å². The number of hydrogen-bond donors (Lipinski definition) is 1. The molecule has 0 aliphatic carbocycles. The summed E-state index contributed by atoms with van der Waals surface area (Å²) in [7, 11) is 0. The van der Waals surface area contributed by atoms with Crippen LogP contribution in [0.5, 0.6) is 5.75 Å². The number of nitriles is 1. The molecule has 5 rings (SSSR count). The fourth-order valence-corrected chi connectivity index (χ4v) is 4.97. The molecule has 0 bridgehead atoms. The molecule has 1 fully saturated rings. The van der Waals surface area contributed by atoms with E-state index in [9.17, 15) is 4.39 Å². The summed E-state index contributed by atoms with van der Waals surface area (Å²) in [5.41, 5.74) is 3.71. The number of benzene rings is 2. The highest BCUT2D eigenvalue weighted by Gasteiger charge is 2.28. The molecule has 0 amide bonds. The third kappa shape index (κ3) is 6.00. The van der Waals surface area contributed by atoms with E-state index in [2.05, 4.69) is 53.2 Å². The molecule has 2 aliphatic rings. The summed E-state index contributed by atoms with van der Waals surface area (Å²) < 4.78 is 20.3. The highest BCUT2D eigenvalue weighted by molar-refractivity contribution is 5.62. The first-order valence-corrected chi connectivity index (χ1v) is 13.0. The Kier molecular flexibility index (Phi) is 7.52. The fraction of sp³-hybridized carbons (Fsp3) is 0.414. The molecule has 0 atom stereocenters. The van der Waals surface area contributed by atoms with E-state index in [0.29, 0.717) is 0 Å². The largest absolute Gasteiger partial charge is 0.487 e. The van der Waals surface area contributed by atoms with Gasteiger partial charge in [-0.1, -0.05) is 30.3 Å². The van der Waals surface area contributed by atoms with E-state index in [0.717, 1.165) is 75.0 Å². The summed E-state index contributed by atoms with van der Waals surface area (Å²) in [6.45, 7) is 8.36. The van der Waals surface area contributed by atoms with Crippen molar-refractivity contribution in [1.82, 2.24) is 14.9 Å². The van der Waals surface area contributed by atoms with Gasteiger partial charge in [0.25, 0.3) is 0 Å². The topological polar surface area (TPSA) is 77.3 Å². The van der Waals surface area contributed by atoms with Gasteiger partial charge < -0.3 is 15.0 Å². The number of rotatable bonds is 7. The van der Waals surface area contributed by atoms with E-state index in [1.165, 1.54) is 11.6 Å². The summed E-state index contributed by atoms with van der Waals surface area (Å²) in [6.07, 6.45) is 2.29. The van der Waals surface area contributed by atoms with Gasteiger partial charge in [-0.2, -0.15) is 5.26 Å². The Morgan fingerprint density at radius 1 is 1.08 bits per heavy atom. The van der Waals surface area contributed by atoms with Crippen LogP contribution < -0.4 is 15.0 Å². The number of halogens is 1. The van der Waals surface area contributed by atoms with Crippen LogP contribution in [-0.2, 0) is 19.5 Å². The van der Waals surface area contributed by atoms with Crippen LogP contribution in [0.2, 0.25) is 0 Å². The van der Waals surface area contributed by atoms with Crippen molar-refractivity contribution in [2.24, 2.45) is 0 Å². The molecule has 3 aromatic rings. The molecular formula is C29H33FN6O. The second kappa shape index (κ2) is 11.1. The minimum absolute atomic E-state index is 0.0906. The molecule has 1 saturated heterocycles. The van der Waals surface area contributed by atoms with Gasteiger partial charge in [0.1, 0.15) is 6.10 Å². The van der Waals surface area contributed by atoms with Gasteiger partial charge in [0.05, 0.1) is 23.0 Å². The number of ether oxygens (including phenoxy) is 1. The lowest BCUT2D eigenvalue weighted by molar-refractivity contribution is 0.163. The Morgan fingerprint density at radius 2 is 1.86 bits per heavy atom. The van der Waals surface area contributed by atoms with Crippen molar-refractivity contribution < 1.29 is 9.13 Å². The smallest absolute Gasteiger partial charge is 0.172 e. The first-order chi connectivity index (χ1) is 18.0. The SMILES string of the molecule is CC(C)Nc1nc2c(nc1N1CCC(Oc3ccc(C#N)cc3F)CC1)CN(Cc1ccccc1)CC2. The quantitative estimate of drug-likeness (QED) is 0.494. The second-order valence-corrected chi connectivity index (χ2v) is 10.1. The predicted octanol–water partition coefficient (Wildman–Crippen LogP) is 4.91. The molecule has 3 heterocycles. The minimum atomic E-state index is -0.495. The Balaban J connectivity index is 1.29. The first-order valence-electron chi connectivity index (χ1n) is 13.0. The third-order valence-electron chi connectivity index (χ3n) is 6.84. The maximum atomic E-state index is 14.3. The van der Waals surface area contributed by atoms with Crippen molar-refractivity contribution in [3.05, 3.63) is 76.9 Å². The lowest BCUT2D eigenvalue weighted by Crippen LogP contribution is -2.40. The lowest BCUT2D eigenvalue weighted by Gasteiger charge is -2.35. The molecule has 7 nitrogen and oxygen atoms in total. The zero-order valence-electron chi connectivity index (χ0n) is 21.5. The van der Waals surface area contributed by atoms with E-state index in [1.807, 2.05) is 12.1 Å². The molecule has 1 aromatic heterocycles. The van der Waals surface area contributed by atoms with Crippen LogP contribution in [0.4, 0.5) is 16.0 Å². The lowest BCUT2D eigenvalue weighted by atomic mass is 10.1. The van der Waals surface area contributed by atoms with Gasteiger partial charge in [0.15, 0.2) is 23.2 Å². The van der Waals surface area contributed by atoms with E-state index in [4.69, 9.17) is 20.0 Å². The van der Waals surface area contributed by atoms with Gasteiger partial charge in [-0.3, -0.25) is 4.90 Å². The highest BCUT2D eigenvalue weighted by atomic mass is 19.1. The number of hydrogen-bond acceptors (Lipinski definition) is 7. The van der Waals surface area contributed by atoms with Crippen molar-refractivity contribution >= 4 is 11.6 Å². The number of piperidine rings is 1. The standard InChI is InChI=1S/C29H33FN6O/c1-20(2)32-28-29(34-26-19-35(13-12-25(26)33-28)18-21-6-4-3-5-7-21)36-14-10-23(11-15-36)37-27-9-8-22(17-31)16-24(27)30/h3-9,16,20,23H,10-15,18-19H2,1-2H3,(H,32,33). The van der Waals surface area contributed by atoms with Crippen molar-refractivity contribution in [2.45, 2.75) is 58.3 Å². The monoisotopic (exact) mass is 500 g/mol. The molecule has 2 aromatic carbocycles. The van der Waals surface area contributed by atoms with Crippen LogP contribution in [-0.4, -0.2) is 46.6 Å². The summed E-state index contributed by atoms with van der Waals surface area (Å²) in [6, 6.07) is 17.1. The van der Waals surface area contributed by atoms with Crippen LogP contribution in [0.25, 0.3) is 0 Å². The van der Waals surface area contributed by atoms with Crippen LogP contribution in [0.1, 0.15) is 49.2 Å². The summed E-state index contributed by atoms with van der Waals surface area (Å²) in [4.78, 5) is 14.9. The second-order valence-electron chi connectivity index (χ2n) is 10.1. The van der Waals surface area contributed by atoms with Gasteiger partial charge in [0, 0.05) is 58.0 Å². The Morgan fingerprint density at radius 3 is 2.57 bits per heavy atom. The highest BCUT2D eigenvalue weighted by Crippen LogP contribution is 2.31. The van der Waals surface area contributed by atoms with Crippen LogP contribution in [0.3, 0.4) is 0 Å². The van der Waals surface area contributed by atoms with E-state index in [1.54, 1.807) is 12.1 Å². The van der Waals surface area contributed by atoms with Crippen LogP contribution in [0, 0.1) is 17.1 Å². The minimum Gasteiger partial charge on any atom is -0.487 e. The maximum Gasteiger partial charge on any atom is 0.172 e. The predicted molar refractivity (Wildman–Crippen MR) is 142 cm³/mol. The van der Waals surface area contributed by atoms with Crippen molar-refractivity contribution in [2.75, 3.05) is 29.9 Å². The molecular weight excluding hydrogens is 467 g/mol. The van der Waals surface area contributed by atoms with Gasteiger partial charge in [-0.15, -0.1) is 0 Å². The number of nitrogens with one attached hydrogen (secondary N) is 1. The molecule has 8 heteroatoms. The fourth-order valence-electron chi connectivity index (χ4n) is 4.97. The third-order valence-corrected chi connectivity index (χ3v) is 6.84. The van der Waals surface area contributed by atoms with E-state index < -0.39 is 5.82 Å². The number of aromatic nitrogens is 2. The van der Waals surface area contributed by atoms with Gasteiger partial charge in [-0.25, -0.2) is 14.4 Å². The number of anilines is 2. The average molecular weight is 501 g/mol. The van der Waals surface area contributed by atoms with E-state index >= 15 is 0 Å². The average Bonchev–Trinajstić information content (AvgIpc) is 2.90. The maximum absolute atomic E-state index is 14.3. The number of nitrogens with zero attached hydrogens (tertiary/aromatic N) is 5. The first kappa shape index (κ1) is 25.0. The Hall–Kier alpha value is -3.70. The normalized spacial score (nSPS) is 16.4. The Labute approximate surface area is 217 Å². The molecule has 0 saturated carbocycles. The molecule has 0 radical (unpaired) electrons. The molecule has 2 aliphatic heterocycles. The zero-order chi connectivity index (χ0) is 25.8. The molecule has 192 valence electrons. The Bertz CT molecular complexity index is 1270. The van der Waals surface area contributed by atoms with Gasteiger partial charge >= 0.3 is 0 Å². The molecule has 37 heavy (non-hydrogen) atoms. The van der Waals surface area contributed by atoms with Crippen LogP contribution >= 0.6 is 0 Å². The van der Waals surface area contributed by atoms with Crippen LogP contribution in [0.15, 0.2) is 48.5 Å². The van der Waals surface area contributed by atoms with Crippen molar-refractivity contribution in [3.63, 3.8) is 0 Å². The summed E-state index contributed by atoms with van der Waals surface area (Å²) in [5.74, 6) is 1.43.